The summed E-state index contributed by atoms with van der Waals surface area (Å²) in [5.41, 5.74) is 2.42. The van der Waals surface area contributed by atoms with Crippen LogP contribution in [0.5, 0.6) is 0 Å². The van der Waals surface area contributed by atoms with Crippen LogP contribution in [0, 0.1) is 6.92 Å². The molecular formula is C13H22N2. The third-order valence-electron chi connectivity index (χ3n) is 2.74. The summed E-state index contributed by atoms with van der Waals surface area (Å²) in [5, 5.41) is 3.36. The molecule has 0 aliphatic carbocycles. The molecule has 0 aromatic carbocycles. The molecule has 1 unspecified atom stereocenters. The highest BCUT2D eigenvalue weighted by atomic mass is 14.9. The third kappa shape index (κ3) is 4.43. The number of likely N-dealkylation sites (N-methyl/N-ethyl adjacent to an activating group) is 1. The van der Waals surface area contributed by atoms with E-state index in [1.165, 1.54) is 30.5 Å². The Morgan fingerprint density at radius 3 is 2.73 bits per heavy atom. The van der Waals surface area contributed by atoms with Gasteiger partial charge in [0.1, 0.15) is 0 Å². The fourth-order valence-electron chi connectivity index (χ4n) is 1.67. The molecule has 0 fully saturated rings. The predicted molar refractivity (Wildman–Crippen MR) is 65.1 cm³/mol. The van der Waals surface area contributed by atoms with Crippen LogP contribution in [0.3, 0.4) is 0 Å². The van der Waals surface area contributed by atoms with Crippen molar-refractivity contribution in [2.24, 2.45) is 0 Å². The molecule has 1 aromatic rings. The summed E-state index contributed by atoms with van der Waals surface area (Å²) < 4.78 is 0. The monoisotopic (exact) mass is 206 g/mol. The lowest BCUT2D eigenvalue weighted by molar-refractivity contribution is 0.494. The molecule has 1 aromatic heterocycles. The van der Waals surface area contributed by atoms with Gasteiger partial charge in [0, 0.05) is 24.4 Å². The summed E-state index contributed by atoms with van der Waals surface area (Å²) in [6.45, 7) is 4.31. The Morgan fingerprint density at radius 2 is 2.20 bits per heavy atom. The summed E-state index contributed by atoms with van der Waals surface area (Å²) in [7, 11) is 2.04. The fraction of sp³-hybridized carbons (Fsp3) is 0.615. The van der Waals surface area contributed by atoms with Crippen LogP contribution in [0.2, 0.25) is 0 Å². The standard InChI is InChI=1S/C13H22N2/c1-4-5-6-12(14-3)9-13-8-7-11(2)10-15-13/h7-8,10,12,14H,4-6,9H2,1-3H3. The topological polar surface area (TPSA) is 24.9 Å². The van der Waals surface area contributed by atoms with Gasteiger partial charge in [0.2, 0.25) is 0 Å². The summed E-state index contributed by atoms with van der Waals surface area (Å²) in [6.07, 6.45) is 6.78. The second kappa shape index (κ2) is 6.57. The Balaban J connectivity index is 2.47. The van der Waals surface area contributed by atoms with Gasteiger partial charge in [-0.1, -0.05) is 25.8 Å². The fourth-order valence-corrected chi connectivity index (χ4v) is 1.67. The van der Waals surface area contributed by atoms with E-state index in [9.17, 15) is 0 Å². The minimum absolute atomic E-state index is 0.570. The van der Waals surface area contributed by atoms with E-state index in [0.29, 0.717) is 6.04 Å². The lowest BCUT2D eigenvalue weighted by Crippen LogP contribution is -2.27. The average molecular weight is 206 g/mol. The Labute approximate surface area is 93.1 Å². The molecule has 15 heavy (non-hydrogen) atoms. The molecule has 1 rings (SSSR count). The van der Waals surface area contributed by atoms with Crippen molar-refractivity contribution in [3.63, 3.8) is 0 Å². The second-order valence-electron chi connectivity index (χ2n) is 4.16. The zero-order valence-electron chi connectivity index (χ0n) is 10.1. The number of aryl methyl sites for hydroxylation is 1. The van der Waals surface area contributed by atoms with Crippen LogP contribution in [0.15, 0.2) is 18.3 Å². The molecule has 2 heteroatoms. The minimum atomic E-state index is 0.570. The molecule has 1 atom stereocenters. The van der Waals surface area contributed by atoms with Gasteiger partial charge in [-0.05, 0) is 32.0 Å². The Bertz CT molecular complexity index is 266. The Kier molecular flexibility index (Phi) is 5.33. The van der Waals surface area contributed by atoms with Crippen molar-refractivity contribution in [2.45, 2.75) is 45.6 Å². The molecule has 1 N–H and O–H groups in total. The first kappa shape index (κ1) is 12.2. The van der Waals surface area contributed by atoms with Crippen molar-refractivity contribution in [1.29, 1.82) is 0 Å². The molecule has 0 saturated carbocycles. The highest BCUT2D eigenvalue weighted by molar-refractivity contribution is 5.13. The van der Waals surface area contributed by atoms with E-state index < -0.39 is 0 Å². The molecule has 0 aliphatic rings. The van der Waals surface area contributed by atoms with Gasteiger partial charge in [-0.25, -0.2) is 0 Å². The summed E-state index contributed by atoms with van der Waals surface area (Å²) in [5.74, 6) is 0. The summed E-state index contributed by atoms with van der Waals surface area (Å²) >= 11 is 0. The maximum Gasteiger partial charge on any atom is 0.0419 e. The third-order valence-corrected chi connectivity index (χ3v) is 2.74. The van der Waals surface area contributed by atoms with Crippen LogP contribution in [0.4, 0.5) is 0 Å². The maximum atomic E-state index is 4.43. The maximum absolute atomic E-state index is 4.43. The van der Waals surface area contributed by atoms with E-state index in [1.54, 1.807) is 0 Å². The minimum Gasteiger partial charge on any atom is -0.317 e. The van der Waals surface area contributed by atoms with Crippen molar-refractivity contribution in [3.05, 3.63) is 29.6 Å². The molecule has 0 saturated heterocycles. The highest BCUT2D eigenvalue weighted by Gasteiger charge is 2.06. The van der Waals surface area contributed by atoms with Crippen LogP contribution in [0.1, 0.15) is 37.4 Å². The molecule has 84 valence electrons. The first-order chi connectivity index (χ1) is 7.26. The smallest absolute Gasteiger partial charge is 0.0419 e. The van der Waals surface area contributed by atoms with Gasteiger partial charge in [-0.3, -0.25) is 4.98 Å². The van der Waals surface area contributed by atoms with Crippen molar-refractivity contribution in [2.75, 3.05) is 7.05 Å². The first-order valence-electron chi connectivity index (χ1n) is 5.85. The summed E-state index contributed by atoms with van der Waals surface area (Å²) in [6, 6.07) is 4.83. The molecule has 0 spiro atoms. The second-order valence-corrected chi connectivity index (χ2v) is 4.16. The van der Waals surface area contributed by atoms with Gasteiger partial charge in [-0.15, -0.1) is 0 Å². The molecule has 1 heterocycles. The van der Waals surface area contributed by atoms with Gasteiger partial charge < -0.3 is 5.32 Å². The number of rotatable bonds is 6. The first-order valence-corrected chi connectivity index (χ1v) is 5.85. The zero-order valence-corrected chi connectivity index (χ0v) is 10.1. The van der Waals surface area contributed by atoms with Gasteiger partial charge in [0.05, 0.1) is 0 Å². The highest BCUT2D eigenvalue weighted by Crippen LogP contribution is 2.07. The van der Waals surface area contributed by atoms with Crippen LogP contribution in [-0.2, 0) is 6.42 Å². The van der Waals surface area contributed by atoms with E-state index in [2.05, 4.69) is 36.3 Å². The summed E-state index contributed by atoms with van der Waals surface area (Å²) in [4.78, 5) is 4.43. The molecule has 0 radical (unpaired) electrons. The van der Waals surface area contributed by atoms with E-state index >= 15 is 0 Å². The van der Waals surface area contributed by atoms with Crippen molar-refractivity contribution in [3.8, 4) is 0 Å². The zero-order chi connectivity index (χ0) is 11.1. The molecular weight excluding hydrogens is 184 g/mol. The van der Waals surface area contributed by atoms with Crippen LogP contribution in [0.25, 0.3) is 0 Å². The number of hydrogen-bond acceptors (Lipinski definition) is 2. The normalized spacial score (nSPS) is 12.7. The number of nitrogens with zero attached hydrogens (tertiary/aromatic N) is 1. The molecule has 0 amide bonds. The lowest BCUT2D eigenvalue weighted by atomic mass is 10.0. The molecule has 2 nitrogen and oxygen atoms in total. The Morgan fingerprint density at radius 1 is 1.40 bits per heavy atom. The van der Waals surface area contributed by atoms with Crippen molar-refractivity contribution < 1.29 is 0 Å². The van der Waals surface area contributed by atoms with Gasteiger partial charge in [-0.2, -0.15) is 0 Å². The predicted octanol–water partition coefficient (Wildman–Crippen LogP) is 2.71. The van der Waals surface area contributed by atoms with Crippen molar-refractivity contribution >= 4 is 0 Å². The van der Waals surface area contributed by atoms with Gasteiger partial charge in [0.25, 0.3) is 0 Å². The lowest BCUT2D eigenvalue weighted by Gasteiger charge is -2.15. The molecule has 0 aliphatic heterocycles. The SMILES string of the molecule is CCCCC(Cc1ccc(C)cn1)NC. The quantitative estimate of drug-likeness (QED) is 0.774. The van der Waals surface area contributed by atoms with E-state index in [4.69, 9.17) is 0 Å². The van der Waals surface area contributed by atoms with Gasteiger partial charge in [0.15, 0.2) is 0 Å². The Hall–Kier alpha value is -0.890. The van der Waals surface area contributed by atoms with Crippen molar-refractivity contribution in [1.82, 2.24) is 10.3 Å². The number of hydrogen-bond donors (Lipinski definition) is 1. The van der Waals surface area contributed by atoms with E-state index in [0.717, 1.165) is 6.42 Å². The number of nitrogens with one attached hydrogen (secondary N) is 1. The van der Waals surface area contributed by atoms with Crippen LogP contribution in [-0.4, -0.2) is 18.1 Å². The number of unbranched alkanes of at least 4 members (excludes halogenated alkanes) is 1. The number of aromatic nitrogens is 1. The van der Waals surface area contributed by atoms with Crippen LogP contribution < -0.4 is 5.32 Å². The van der Waals surface area contributed by atoms with E-state index in [1.807, 2.05) is 13.2 Å². The van der Waals surface area contributed by atoms with Crippen LogP contribution >= 0.6 is 0 Å². The largest absolute Gasteiger partial charge is 0.317 e. The number of pyridine rings is 1. The molecule has 0 bridgehead atoms. The average Bonchev–Trinajstić information content (AvgIpc) is 2.27. The van der Waals surface area contributed by atoms with Gasteiger partial charge >= 0.3 is 0 Å². The van der Waals surface area contributed by atoms with E-state index in [-0.39, 0.29) is 0 Å².